The molecule has 1 aliphatic rings. The van der Waals surface area contributed by atoms with Gasteiger partial charge in [0.25, 0.3) is 0 Å². The number of guanidine groups is 1. The van der Waals surface area contributed by atoms with Gasteiger partial charge in [0.1, 0.15) is 0 Å². The van der Waals surface area contributed by atoms with Crippen molar-refractivity contribution >= 4 is 25.8 Å². The van der Waals surface area contributed by atoms with Crippen LogP contribution in [0.25, 0.3) is 0 Å². The van der Waals surface area contributed by atoms with Crippen molar-refractivity contribution in [3.63, 3.8) is 0 Å². The van der Waals surface area contributed by atoms with Gasteiger partial charge < -0.3 is 10.6 Å². The molecule has 0 spiro atoms. The number of benzene rings is 1. The van der Waals surface area contributed by atoms with Gasteiger partial charge in [0.05, 0.1) is 23.8 Å². The van der Waals surface area contributed by atoms with Gasteiger partial charge in [-0.05, 0) is 38.3 Å². The number of hydrogen-bond acceptors (Lipinski definition) is 5. The number of aliphatic imine (C=N–C) groups is 1. The van der Waals surface area contributed by atoms with Crippen molar-refractivity contribution in [1.29, 1.82) is 0 Å². The standard InChI is InChI=1S/C18H30N4O4S2/c1-4-19-18(21-17-9-10-27(23,24)13-17)20-11-15-7-5-6-8-16(15)12-28(25,26)22-14(2)3/h5-8,14,17,22H,4,9-13H2,1-3H3,(H2,19,20,21). The predicted octanol–water partition coefficient (Wildman–Crippen LogP) is 0.757. The van der Waals surface area contributed by atoms with Crippen LogP contribution >= 0.6 is 0 Å². The molecule has 0 bridgehead atoms. The summed E-state index contributed by atoms with van der Waals surface area (Å²) in [6.45, 7) is 6.43. The van der Waals surface area contributed by atoms with Gasteiger partial charge in [0, 0.05) is 18.6 Å². The Labute approximate surface area is 168 Å². The Morgan fingerprint density at radius 3 is 2.50 bits per heavy atom. The van der Waals surface area contributed by atoms with E-state index >= 15 is 0 Å². The molecule has 2 rings (SSSR count). The topological polar surface area (TPSA) is 117 Å². The van der Waals surface area contributed by atoms with Crippen molar-refractivity contribution in [3.05, 3.63) is 35.4 Å². The first-order valence-electron chi connectivity index (χ1n) is 9.42. The van der Waals surface area contributed by atoms with E-state index in [2.05, 4.69) is 20.3 Å². The van der Waals surface area contributed by atoms with Crippen molar-refractivity contribution in [3.8, 4) is 0 Å². The van der Waals surface area contributed by atoms with E-state index in [4.69, 9.17) is 0 Å². The fourth-order valence-corrected chi connectivity index (χ4v) is 6.21. The van der Waals surface area contributed by atoms with Crippen LogP contribution in [0.4, 0.5) is 0 Å². The van der Waals surface area contributed by atoms with Crippen LogP contribution in [0.3, 0.4) is 0 Å². The lowest BCUT2D eigenvalue weighted by molar-refractivity contribution is 0.568. The van der Waals surface area contributed by atoms with E-state index in [0.29, 0.717) is 31.0 Å². The maximum Gasteiger partial charge on any atom is 0.216 e. The molecule has 0 radical (unpaired) electrons. The molecule has 1 aliphatic heterocycles. The predicted molar refractivity (Wildman–Crippen MR) is 112 cm³/mol. The molecule has 8 nitrogen and oxygen atoms in total. The SMILES string of the molecule is CCNC(=NCc1ccccc1CS(=O)(=O)NC(C)C)NC1CCS(=O)(=O)C1. The third-order valence-corrected chi connectivity index (χ3v) is 7.49. The number of rotatable bonds is 8. The normalized spacial score (nSPS) is 19.7. The molecule has 158 valence electrons. The monoisotopic (exact) mass is 430 g/mol. The quantitative estimate of drug-likeness (QED) is 0.414. The van der Waals surface area contributed by atoms with Crippen LogP contribution in [0.1, 0.15) is 38.3 Å². The summed E-state index contributed by atoms with van der Waals surface area (Å²) in [6, 6.07) is 6.97. The van der Waals surface area contributed by atoms with Crippen LogP contribution in [-0.4, -0.2) is 52.9 Å². The maximum atomic E-state index is 12.3. The van der Waals surface area contributed by atoms with E-state index in [1.807, 2.05) is 19.1 Å². The van der Waals surface area contributed by atoms with Gasteiger partial charge in [-0.1, -0.05) is 24.3 Å². The maximum absolute atomic E-state index is 12.3. The fourth-order valence-electron chi connectivity index (χ4n) is 3.04. The molecule has 1 atom stereocenters. The van der Waals surface area contributed by atoms with Gasteiger partial charge in [-0.2, -0.15) is 0 Å². The zero-order chi connectivity index (χ0) is 20.8. The molecule has 3 N–H and O–H groups in total. The molecule has 0 saturated carbocycles. The lowest BCUT2D eigenvalue weighted by Crippen LogP contribution is -2.44. The molecule has 1 unspecified atom stereocenters. The van der Waals surface area contributed by atoms with E-state index in [-0.39, 0.29) is 29.3 Å². The molecule has 1 aromatic carbocycles. The molecule has 1 saturated heterocycles. The van der Waals surface area contributed by atoms with Gasteiger partial charge in [0.2, 0.25) is 10.0 Å². The molecule has 0 aliphatic carbocycles. The van der Waals surface area contributed by atoms with Gasteiger partial charge in [-0.3, -0.25) is 0 Å². The highest BCUT2D eigenvalue weighted by atomic mass is 32.2. The molecular weight excluding hydrogens is 400 g/mol. The fraction of sp³-hybridized carbons (Fsp3) is 0.611. The first-order chi connectivity index (χ1) is 13.1. The van der Waals surface area contributed by atoms with Crippen LogP contribution < -0.4 is 15.4 Å². The lowest BCUT2D eigenvalue weighted by Gasteiger charge is -2.16. The van der Waals surface area contributed by atoms with E-state index in [0.717, 1.165) is 5.56 Å². The number of sulfonamides is 1. The Bertz CT molecular complexity index is 896. The summed E-state index contributed by atoms with van der Waals surface area (Å²) in [6.07, 6.45) is 0.558. The number of hydrogen-bond donors (Lipinski definition) is 3. The van der Waals surface area contributed by atoms with Crippen LogP contribution in [0.5, 0.6) is 0 Å². The molecular formula is C18H30N4O4S2. The Balaban J connectivity index is 2.12. The van der Waals surface area contributed by atoms with Crippen molar-refractivity contribution in [2.24, 2.45) is 4.99 Å². The second-order valence-electron chi connectivity index (χ2n) is 7.24. The first kappa shape index (κ1) is 22.6. The van der Waals surface area contributed by atoms with E-state index in [9.17, 15) is 16.8 Å². The Kier molecular flexibility index (Phi) is 7.85. The van der Waals surface area contributed by atoms with Gasteiger partial charge in [-0.15, -0.1) is 0 Å². The molecule has 28 heavy (non-hydrogen) atoms. The Morgan fingerprint density at radius 1 is 1.25 bits per heavy atom. The summed E-state index contributed by atoms with van der Waals surface area (Å²) in [5.41, 5.74) is 1.51. The van der Waals surface area contributed by atoms with Crippen LogP contribution in [0, 0.1) is 0 Å². The highest BCUT2D eigenvalue weighted by Gasteiger charge is 2.28. The lowest BCUT2D eigenvalue weighted by atomic mass is 10.1. The van der Waals surface area contributed by atoms with Crippen molar-refractivity contribution in [1.82, 2.24) is 15.4 Å². The van der Waals surface area contributed by atoms with E-state index in [1.54, 1.807) is 26.0 Å². The molecule has 1 aromatic rings. The van der Waals surface area contributed by atoms with Crippen molar-refractivity contribution < 1.29 is 16.8 Å². The number of sulfone groups is 1. The van der Waals surface area contributed by atoms with Crippen molar-refractivity contribution in [2.45, 2.75) is 51.6 Å². The second kappa shape index (κ2) is 9.71. The molecule has 0 amide bonds. The van der Waals surface area contributed by atoms with Crippen LogP contribution in [0.15, 0.2) is 29.3 Å². The number of nitrogens with one attached hydrogen (secondary N) is 3. The summed E-state index contributed by atoms with van der Waals surface area (Å²) >= 11 is 0. The Hall–Kier alpha value is -1.65. The summed E-state index contributed by atoms with van der Waals surface area (Å²) < 4.78 is 50.4. The highest BCUT2D eigenvalue weighted by Crippen LogP contribution is 2.14. The van der Waals surface area contributed by atoms with E-state index < -0.39 is 19.9 Å². The minimum Gasteiger partial charge on any atom is -0.357 e. The number of nitrogens with zero attached hydrogens (tertiary/aromatic N) is 1. The zero-order valence-electron chi connectivity index (χ0n) is 16.6. The molecule has 0 aromatic heterocycles. The first-order valence-corrected chi connectivity index (χ1v) is 12.9. The summed E-state index contributed by atoms with van der Waals surface area (Å²) in [5, 5.41) is 6.28. The van der Waals surface area contributed by atoms with Crippen LogP contribution in [0.2, 0.25) is 0 Å². The van der Waals surface area contributed by atoms with Crippen LogP contribution in [-0.2, 0) is 32.2 Å². The molecule has 1 heterocycles. The van der Waals surface area contributed by atoms with Gasteiger partial charge in [-0.25, -0.2) is 26.6 Å². The summed E-state index contributed by atoms with van der Waals surface area (Å²) in [7, 11) is -6.41. The minimum absolute atomic E-state index is 0.104. The average Bonchev–Trinajstić information content (AvgIpc) is 2.91. The van der Waals surface area contributed by atoms with Crippen molar-refractivity contribution in [2.75, 3.05) is 18.1 Å². The Morgan fingerprint density at radius 2 is 1.93 bits per heavy atom. The summed E-state index contributed by atoms with van der Waals surface area (Å²) in [5.74, 6) is 0.713. The summed E-state index contributed by atoms with van der Waals surface area (Å²) in [4.78, 5) is 4.53. The average molecular weight is 431 g/mol. The molecule has 1 fully saturated rings. The highest BCUT2D eigenvalue weighted by molar-refractivity contribution is 7.91. The smallest absolute Gasteiger partial charge is 0.216 e. The third-order valence-electron chi connectivity index (χ3n) is 4.20. The van der Waals surface area contributed by atoms with Gasteiger partial charge >= 0.3 is 0 Å². The largest absolute Gasteiger partial charge is 0.357 e. The molecule has 10 heteroatoms. The third kappa shape index (κ3) is 7.40. The second-order valence-corrected chi connectivity index (χ2v) is 11.2. The van der Waals surface area contributed by atoms with Gasteiger partial charge in [0.15, 0.2) is 15.8 Å². The minimum atomic E-state index is -3.43. The van der Waals surface area contributed by atoms with E-state index in [1.165, 1.54) is 0 Å². The zero-order valence-corrected chi connectivity index (χ0v) is 18.2.